The van der Waals surface area contributed by atoms with Crippen LogP contribution in [0.1, 0.15) is 251 Å². The Hall–Kier alpha value is -3.92. The maximum Gasteiger partial charge on any atom is 0.123 e. The van der Waals surface area contributed by atoms with E-state index in [-0.39, 0.29) is 44.7 Å². The molecule has 0 fully saturated rings. The molecule has 4 heteroatoms. The summed E-state index contributed by atoms with van der Waals surface area (Å²) in [6.45, 7) is 52.1. The summed E-state index contributed by atoms with van der Waals surface area (Å²) in [4.78, 5) is 0. The zero-order chi connectivity index (χ0) is 48.8. The van der Waals surface area contributed by atoms with Gasteiger partial charge in [0.1, 0.15) is 23.0 Å². The quantitative estimate of drug-likeness (QED) is 0.156. The Morgan fingerprint density at radius 2 is 0.429 bits per heavy atom. The second kappa shape index (κ2) is 16.5. The minimum atomic E-state index is -0.589. The summed E-state index contributed by atoms with van der Waals surface area (Å²) in [5.74, 6) is -0.334. The Balaban J connectivity index is 2.44. The van der Waals surface area contributed by atoms with Crippen LogP contribution in [0.15, 0.2) is 48.5 Å². The SMILES string of the molecule is CC(C)(C)c1cc(C(CC(c2cc(C(C)(C)C)cc(C(C)(C)C)c2O)c2cc(C(C)(C)C)cc(C(C)(C)C)c2O)c2cc(C(C)(C)C)cc(C(C)(C)C)c2O)c(O)c(C(C)(C)C)c1. The standard InChI is InChI=1S/C59H88O4/c1-52(2,3)34-25-40(48(60)44(29-34)56(13,14)15)38(41-26-35(53(4,5)6)30-45(49(41)61)57(16,17)18)33-39(42-27-36(54(7,8)9)31-46(50(42)62)58(19,20)21)43-28-37(55(10,11)12)32-47(51(43)63)59(22,23)24/h25-32,38-39,60-63H,33H2,1-24H3. The van der Waals surface area contributed by atoms with Gasteiger partial charge < -0.3 is 20.4 Å². The fourth-order valence-electron chi connectivity index (χ4n) is 8.79. The highest BCUT2D eigenvalue weighted by Crippen LogP contribution is 2.54. The van der Waals surface area contributed by atoms with Crippen LogP contribution in [0.5, 0.6) is 23.0 Å². The molecule has 348 valence electrons. The molecule has 0 heterocycles. The van der Waals surface area contributed by atoms with E-state index in [0.717, 1.165) is 66.8 Å². The lowest BCUT2D eigenvalue weighted by Gasteiger charge is -2.36. The molecule has 0 aliphatic heterocycles. The third-order valence-electron chi connectivity index (χ3n) is 13.2. The molecule has 0 saturated carbocycles. The highest BCUT2D eigenvalue weighted by Gasteiger charge is 2.39. The first-order chi connectivity index (χ1) is 28.0. The van der Waals surface area contributed by atoms with Gasteiger partial charge >= 0.3 is 0 Å². The molecule has 4 nitrogen and oxygen atoms in total. The molecule has 0 bridgehead atoms. The second-order valence-corrected chi connectivity index (χ2v) is 27.2. The number of phenolic OH excluding ortho intramolecular Hbond substituents is 4. The number of phenols is 4. The summed E-state index contributed by atoms with van der Waals surface area (Å²) >= 11 is 0. The number of hydrogen-bond acceptors (Lipinski definition) is 4. The van der Waals surface area contributed by atoms with E-state index in [1.54, 1.807) is 0 Å². The first kappa shape index (κ1) is 51.7. The van der Waals surface area contributed by atoms with Crippen molar-refractivity contribution < 1.29 is 20.4 Å². The maximum atomic E-state index is 12.9. The highest BCUT2D eigenvalue weighted by molar-refractivity contribution is 5.61. The summed E-state index contributed by atoms with van der Waals surface area (Å²) < 4.78 is 0. The lowest BCUT2D eigenvalue weighted by atomic mass is 9.69. The van der Waals surface area contributed by atoms with E-state index in [2.05, 4.69) is 215 Å². The van der Waals surface area contributed by atoms with Crippen LogP contribution in [-0.2, 0) is 43.3 Å². The molecule has 4 aromatic carbocycles. The molecule has 0 atom stereocenters. The number of hydrogen-bond donors (Lipinski definition) is 4. The minimum absolute atomic E-state index is 0.211. The van der Waals surface area contributed by atoms with Gasteiger partial charge in [0.05, 0.1) is 0 Å². The lowest BCUT2D eigenvalue weighted by molar-refractivity contribution is 0.411. The van der Waals surface area contributed by atoms with Crippen molar-refractivity contribution in [3.05, 3.63) is 115 Å². The highest BCUT2D eigenvalue weighted by atomic mass is 16.3. The third-order valence-corrected chi connectivity index (χ3v) is 13.2. The number of aromatic hydroxyl groups is 4. The Labute approximate surface area is 385 Å². The van der Waals surface area contributed by atoms with Gasteiger partial charge in [-0.15, -0.1) is 0 Å². The first-order valence-corrected chi connectivity index (χ1v) is 23.5. The Bertz CT molecular complexity index is 1990. The van der Waals surface area contributed by atoms with E-state index in [1.165, 1.54) is 0 Å². The van der Waals surface area contributed by atoms with Crippen LogP contribution in [0.2, 0.25) is 0 Å². The molecule has 0 radical (unpaired) electrons. The largest absolute Gasteiger partial charge is 0.507 e. The molecule has 63 heavy (non-hydrogen) atoms. The topological polar surface area (TPSA) is 80.9 Å². The van der Waals surface area contributed by atoms with Crippen LogP contribution in [0, 0.1) is 0 Å². The lowest BCUT2D eigenvalue weighted by Crippen LogP contribution is -2.23. The van der Waals surface area contributed by atoms with Crippen LogP contribution in [0.4, 0.5) is 0 Å². The summed E-state index contributed by atoms with van der Waals surface area (Å²) in [7, 11) is 0. The molecule has 4 N–H and O–H groups in total. The monoisotopic (exact) mass is 861 g/mol. The molecule has 0 aliphatic rings. The number of rotatable bonds is 6. The summed E-state index contributed by atoms with van der Waals surface area (Å²) in [5, 5.41) is 51.5. The van der Waals surface area contributed by atoms with Crippen LogP contribution in [0.3, 0.4) is 0 Å². The van der Waals surface area contributed by atoms with Gasteiger partial charge in [0.2, 0.25) is 0 Å². The van der Waals surface area contributed by atoms with Gasteiger partial charge in [-0.3, -0.25) is 0 Å². The van der Waals surface area contributed by atoms with E-state index in [9.17, 15) is 20.4 Å². The fourth-order valence-corrected chi connectivity index (χ4v) is 8.79. The molecule has 0 aliphatic carbocycles. The van der Waals surface area contributed by atoms with Gasteiger partial charge in [0.15, 0.2) is 0 Å². The normalized spacial score (nSPS) is 14.0. The van der Waals surface area contributed by atoms with Crippen molar-refractivity contribution >= 4 is 0 Å². The van der Waals surface area contributed by atoms with Crippen LogP contribution in [-0.4, -0.2) is 20.4 Å². The summed E-state index contributed by atoms with van der Waals surface area (Å²) in [6.07, 6.45) is 0.324. The van der Waals surface area contributed by atoms with E-state index in [1.807, 2.05) is 0 Å². The minimum Gasteiger partial charge on any atom is -0.507 e. The van der Waals surface area contributed by atoms with Crippen molar-refractivity contribution in [1.82, 2.24) is 0 Å². The van der Waals surface area contributed by atoms with E-state index in [0.29, 0.717) is 6.42 Å². The third kappa shape index (κ3) is 11.1. The zero-order valence-electron chi connectivity index (χ0n) is 44.3. The summed E-state index contributed by atoms with van der Waals surface area (Å²) in [6, 6.07) is 17.2. The smallest absolute Gasteiger partial charge is 0.123 e. The molecular weight excluding hydrogens is 773 g/mol. The van der Waals surface area contributed by atoms with Gasteiger partial charge in [-0.2, -0.15) is 0 Å². The fraction of sp³-hybridized carbons (Fsp3) is 0.593. The van der Waals surface area contributed by atoms with E-state index in [4.69, 9.17) is 0 Å². The van der Waals surface area contributed by atoms with Crippen molar-refractivity contribution in [2.75, 3.05) is 0 Å². The van der Waals surface area contributed by atoms with Crippen LogP contribution >= 0.6 is 0 Å². The molecule has 4 aromatic rings. The van der Waals surface area contributed by atoms with Crippen LogP contribution < -0.4 is 0 Å². The van der Waals surface area contributed by atoms with E-state index >= 15 is 0 Å². The number of benzene rings is 4. The van der Waals surface area contributed by atoms with Gasteiger partial charge in [0.25, 0.3) is 0 Å². The molecule has 4 rings (SSSR count). The van der Waals surface area contributed by atoms with Crippen molar-refractivity contribution in [2.24, 2.45) is 0 Å². The molecule has 0 unspecified atom stereocenters. The average Bonchev–Trinajstić information content (AvgIpc) is 3.06. The zero-order valence-corrected chi connectivity index (χ0v) is 44.3. The van der Waals surface area contributed by atoms with Crippen molar-refractivity contribution in [3.8, 4) is 23.0 Å². The van der Waals surface area contributed by atoms with Gasteiger partial charge in [0, 0.05) is 34.1 Å². The average molecular weight is 861 g/mol. The molecular formula is C59H88O4. The predicted molar refractivity (Wildman–Crippen MR) is 270 cm³/mol. The Kier molecular flexibility index (Phi) is 13.5. The van der Waals surface area contributed by atoms with Gasteiger partial charge in [-0.1, -0.05) is 215 Å². The first-order valence-electron chi connectivity index (χ1n) is 23.5. The second-order valence-electron chi connectivity index (χ2n) is 27.2. The maximum absolute atomic E-state index is 12.9. The predicted octanol–water partition coefficient (Wildman–Crippen LogP) is 16.2. The van der Waals surface area contributed by atoms with Crippen molar-refractivity contribution in [2.45, 2.75) is 228 Å². The molecule has 0 aromatic heterocycles. The Morgan fingerprint density at radius 3 is 0.556 bits per heavy atom. The van der Waals surface area contributed by atoms with Crippen molar-refractivity contribution in [1.29, 1.82) is 0 Å². The molecule has 0 spiro atoms. The van der Waals surface area contributed by atoms with Gasteiger partial charge in [-0.25, -0.2) is 0 Å². The summed E-state index contributed by atoms with van der Waals surface area (Å²) in [5.41, 5.74) is 7.94. The van der Waals surface area contributed by atoms with Crippen molar-refractivity contribution in [3.63, 3.8) is 0 Å². The van der Waals surface area contributed by atoms with Crippen LogP contribution in [0.25, 0.3) is 0 Å². The molecule has 0 saturated heterocycles. The molecule has 0 amide bonds. The Morgan fingerprint density at radius 1 is 0.270 bits per heavy atom. The van der Waals surface area contributed by atoms with Gasteiger partial charge in [-0.05, 0) is 94.2 Å². The van der Waals surface area contributed by atoms with E-state index < -0.39 is 33.5 Å².